The van der Waals surface area contributed by atoms with Gasteiger partial charge in [0.15, 0.2) is 17.8 Å². The van der Waals surface area contributed by atoms with E-state index in [1.54, 1.807) is 0 Å². The van der Waals surface area contributed by atoms with Crippen molar-refractivity contribution in [3.05, 3.63) is 22.2 Å². The van der Waals surface area contributed by atoms with E-state index in [9.17, 15) is 0 Å². The van der Waals surface area contributed by atoms with Gasteiger partial charge in [-0.2, -0.15) is 0 Å². The molecule has 0 N–H and O–H groups in total. The van der Waals surface area contributed by atoms with Crippen molar-refractivity contribution >= 4 is 15.9 Å². The number of hydrogen-bond acceptors (Lipinski definition) is 4. The van der Waals surface area contributed by atoms with E-state index in [4.69, 9.17) is 18.9 Å². The van der Waals surface area contributed by atoms with Crippen molar-refractivity contribution < 1.29 is 18.9 Å². The topological polar surface area (TPSA) is 36.9 Å². The van der Waals surface area contributed by atoms with E-state index in [1.807, 2.05) is 26.0 Å². The molecule has 1 saturated heterocycles. The highest BCUT2D eigenvalue weighted by Gasteiger charge is 2.33. The molecule has 2 atom stereocenters. The zero-order chi connectivity index (χ0) is 12.0. The van der Waals surface area contributed by atoms with E-state index in [0.29, 0.717) is 0 Å². The molecule has 0 amide bonds. The fraction of sp³-hybridized carbons (Fsp3) is 0.500. The van der Waals surface area contributed by atoms with Gasteiger partial charge in [0.25, 0.3) is 0 Å². The van der Waals surface area contributed by atoms with Gasteiger partial charge in [0, 0.05) is 10.0 Å². The number of rotatable bonds is 1. The highest BCUT2D eigenvalue weighted by molar-refractivity contribution is 9.10. The van der Waals surface area contributed by atoms with Crippen LogP contribution in [-0.4, -0.2) is 19.0 Å². The van der Waals surface area contributed by atoms with Gasteiger partial charge in [-0.1, -0.05) is 15.9 Å². The first kappa shape index (κ1) is 11.3. The van der Waals surface area contributed by atoms with E-state index in [1.165, 1.54) is 0 Å². The number of benzene rings is 1. The molecule has 0 aliphatic carbocycles. The van der Waals surface area contributed by atoms with Crippen molar-refractivity contribution in [3.8, 4) is 11.5 Å². The minimum Gasteiger partial charge on any atom is -0.454 e. The summed E-state index contributed by atoms with van der Waals surface area (Å²) in [5.41, 5.74) is 0.936. The maximum absolute atomic E-state index is 5.75. The zero-order valence-electron chi connectivity index (χ0n) is 9.60. The number of hydrogen-bond donors (Lipinski definition) is 0. The van der Waals surface area contributed by atoms with Crippen molar-refractivity contribution in [1.29, 1.82) is 0 Å². The summed E-state index contributed by atoms with van der Waals surface area (Å²) in [7, 11) is 0. The predicted octanol–water partition coefficient (Wildman–Crippen LogP) is 3.00. The number of fused-ring (bicyclic) bond motifs is 1. The second-order valence-corrected chi connectivity index (χ2v) is 5.10. The van der Waals surface area contributed by atoms with Crippen LogP contribution in [0.15, 0.2) is 16.6 Å². The van der Waals surface area contributed by atoms with Gasteiger partial charge in [0.1, 0.15) is 0 Å². The third-order valence-corrected chi connectivity index (χ3v) is 3.77. The predicted molar refractivity (Wildman–Crippen MR) is 64.1 cm³/mol. The largest absolute Gasteiger partial charge is 0.454 e. The molecule has 0 radical (unpaired) electrons. The summed E-state index contributed by atoms with van der Waals surface area (Å²) < 4.78 is 23.1. The summed E-state index contributed by atoms with van der Waals surface area (Å²) in [5.74, 6) is 1.49. The van der Waals surface area contributed by atoms with Crippen molar-refractivity contribution in [2.45, 2.75) is 32.3 Å². The summed E-state index contributed by atoms with van der Waals surface area (Å²) in [6.45, 7) is 4.28. The maximum atomic E-state index is 5.75. The van der Waals surface area contributed by atoms with Crippen LogP contribution >= 0.6 is 15.9 Å². The van der Waals surface area contributed by atoms with Crippen LogP contribution in [-0.2, 0) is 9.47 Å². The molecular formula is C12H13BrO4. The van der Waals surface area contributed by atoms with Gasteiger partial charge in [-0.15, -0.1) is 0 Å². The number of ether oxygens (including phenoxy) is 4. The minimum absolute atomic E-state index is 0.0947. The minimum atomic E-state index is -0.344. The summed E-state index contributed by atoms with van der Waals surface area (Å²) >= 11 is 3.50. The van der Waals surface area contributed by atoms with E-state index in [-0.39, 0.29) is 25.3 Å². The lowest BCUT2D eigenvalue weighted by molar-refractivity contribution is -0.0658. The van der Waals surface area contributed by atoms with Crippen molar-refractivity contribution in [1.82, 2.24) is 0 Å². The van der Waals surface area contributed by atoms with E-state index in [2.05, 4.69) is 15.9 Å². The Balaban J connectivity index is 1.93. The van der Waals surface area contributed by atoms with Crippen LogP contribution in [0.25, 0.3) is 0 Å². The van der Waals surface area contributed by atoms with Crippen LogP contribution in [0.2, 0.25) is 0 Å². The van der Waals surface area contributed by atoms with Crippen LogP contribution in [0.1, 0.15) is 25.7 Å². The summed E-state index contributed by atoms with van der Waals surface area (Å²) in [6.07, 6.45) is -0.154. The Bertz CT molecular complexity index is 438. The summed E-state index contributed by atoms with van der Waals surface area (Å²) in [5, 5.41) is 0. The molecule has 1 fully saturated rings. The summed E-state index contributed by atoms with van der Waals surface area (Å²) in [4.78, 5) is 0. The van der Waals surface area contributed by atoms with Gasteiger partial charge < -0.3 is 18.9 Å². The smallest absolute Gasteiger partial charge is 0.231 e. The quantitative estimate of drug-likeness (QED) is 0.799. The van der Waals surface area contributed by atoms with Gasteiger partial charge in [0.05, 0.1) is 12.2 Å². The lowest BCUT2D eigenvalue weighted by atomic mass is 10.2. The molecule has 0 spiro atoms. The van der Waals surface area contributed by atoms with Gasteiger partial charge in [-0.3, -0.25) is 0 Å². The average molecular weight is 301 g/mol. The lowest BCUT2D eigenvalue weighted by Crippen LogP contribution is -2.13. The first-order valence-electron chi connectivity index (χ1n) is 5.55. The van der Waals surface area contributed by atoms with Gasteiger partial charge in [0.2, 0.25) is 6.79 Å². The highest BCUT2D eigenvalue weighted by atomic mass is 79.9. The van der Waals surface area contributed by atoms with Gasteiger partial charge >= 0.3 is 0 Å². The first-order valence-corrected chi connectivity index (χ1v) is 6.34. The average Bonchev–Trinajstić information content (AvgIpc) is 2.85. The highest BCUT2D eigenvalue weighted by Crippen LogP contribution is 2.42. The Hall–Kier alpha value is -0.780. The van der Waals surface area contributed by atoms with Crippen molar-refractivity contribution in [2.75, 3.05) is 6.79 Å². The molecule has 4 nitrogen and oxygen atoms in total. The monoisotopic (exact) mass is 300 g/mol. The van der Waals surface area contributed by atoms with E-state index in [0.717, 1.165) is 21.5 Å². The maximum Gasteiger partial charge on any atom is 0.231 e. The molecule has 3 rings (SSSR count). The molecular weight excluding hydrogens is 288 g/mol. The number of halogens is 1. The van der Waals surface area contributed by atoms with E-state index < -0.39 is 0 Å². The second kappa shape index (κ2) is 4.15. The molecule has 0 saturated carbocycles. The molecule has 0 bridgehead atoms. The SMILES string of the molecule is C[C@@H]1OC(c2cc3c(cc2Br)OCO3)O[C@H]1C. The van der Waals surface area contributed by atoms with Crippen LogP contribution in [0.3, 0.4) is 0 Å². The Morgan fingerprint density at radius 1 is 1.06 bits per heavy atom. The molecule has 1 aromatic carbocycles. The Labute approximate surface area is 108 Å². The van der Waals surface area contributed by atoms with Gasteiger partial charge in [-0.05, 0) is 26.0 Å². The third kappa shape index (κ3) is 1.92. The zero-order valence-corrected chi connectivity index (χ0v) is 11.2. The third-order valence-electron chi connectivity index (χ3n) is 3.08. The molecule has 0 unspecified atom stereocenters. The Morgan fingerprint density at radius 3 is 2.29 bits per heavy atom. The van der Waals surface area contributed by atoms with Crippen LogP contribution in [0.5, 0.6) is 11.5 Å². The summed E-state index contributed by atoms with van der Waals surface area (Å²) in [6, 6.07) is 3.79. The Morgan fingerprint density at radius 2 is 1.65 bits per heavy atom. The lowest BCUT2D eigenvalue weighted by Gasteiger charge is -2.13. The second-order valence-electron chi connectivity index (χ2n) is 4.24. The van der Waals surface area contributed by atoms with Crippen LogP contribution < -0.4 is 9.47 Å². The van der Waals surface area contributed by atoms with Gasteiger partial charge in [-0.25, -0.2) is 0 Å². The Kier molecular flexibility index (Phi) is 2.77. The fourth-order valence-electron chi connectivity index (χ4n) is 1.90. The van der Waals surface area contributed by atoms with Crippen LogP contribution in [0, 0.1) is 0 Å². The fourth-order valence-corrected chi connectivity index (χ4v) is 2.41. The molecule has 5 heteroatoms. The molecule has 2 heterocycles. The molecule has 2 aliphatic rings. The molecule has 92 valence electrons. The van der Waals surface area contributed by atoms with E-state index >= 15 is 0 Å². The van der Waals surface area contributed by atoms with Crippen LogP contribution in [0.4, 0.5) is 0 Å². The standard InChI is InChI=1S/C12H13BrO4/c1-6-7(2)17-12(16-6)8-3-10-11(4-9(8)13)15-5-14-10/h3-4,6-7,12H,5H2,1-2H3/t6-,7-/m0/s1. The normalized spacial score (nSPS) is 27.7. The van der Waals surface area contributed by atoms with Crippen molar-refractivity contribution in [3.63, 3.8) is 0 Å². The first-order chi connectivity index (χ1) is 8.15. The van der Waals surface area contributed by atoms with Crippen molar-refractivity contribution in [2.24, 2.45) is 0 Å². The molecule has 0 aromatic heterocycles. The molecule has 17 heavy (non-hydrogen) atoms. The molecule has 1 aromatic rings. The molecule has 2 aliphatic heterocycles.